The summed E-state index contributed by atoms with van der Waals surface area (Å²) in [4.78, 5) is 194. The van der Waals surface area contributed by atoms with Crippen LogP contribution in [0.25, 0.3) is 24.3 Å². The zero-order chi connectivity index (χ0) is 105. The summed E-state index contributed by atoms with van der Waals surface area (Å²) in [5.74, 6) is -10.1. The van der Waals surface area contributed by atoms with Crippen LogP contribution in [0.15, 0.2) is 164 Å². The molecule has 0 unspecified atom stereocenters. The first-order valence-electron chi connectivity index (χ1n) is 43.8. The lowest BCUT2D eigenvalue weighted by atomic mass is 10.0. The molecule has 4 aliphatic rings. The number of halogens is 8. The molecule has 11 atom stereocenters. The number of piperidine rings is 1. The number of amides is 12. The number of hydrogen-bond acceptors (Lipinski definition) is 27. The molecule has 12 rings (SSSR count). The summed E-state index contributed by atoms with van der Waals surface area (Å²) in [6, 6.07) is 16.9. The second-order valence-corrected chi connectivity index (χ2v) is 35.3. The molecule has 0 aliphatic carbocycles. The lowest BCUT2D eigenvalue weighted by Crippen LogP contribution is -2.53. The Hall–Kier alpha value is -13.5. The molecule has 768 valence electrons. The van der Waals surface area contributed by atoms with E-state index in [1.807, 2.05) is 0 Å². The summed E-state index contributed by atoms with van der Waals surface area (Å²) in [5, 5.41) is 107. The van der Waals surface area contributed by atoms with Crippen LogP contribution in [0.4, 0.5) is 0 Å². The average molecular weight is 2160 g/mol. The van der Waals surface area contributed by atoms with Crippen LogP contribution in [-0.4, -0.2) is 250 Å². The number of nitrogens with one attached hydrogen (secondary N) is 16. The molecular formula is C93H98Cl8N16O27. The van der Waals surface area contributed by atoms with Crippen molar-refractivity contribution < 1.29 is 130 Å². The first-order chi connectivity index (χ1) is 68.6. The minimum atomic E-state index is -1.46. The Balaban J connectivity index is 0.000000214. The Labute approximate surface area is 859 Å². The topological polar surface area (TPSA) is 660 Å². The Bertz CT molecular complexity index is 5240. The van der Waals surface area contributed by atoms with Gasteiger partial charge in [-0.25, -0.2) is 19.2 Å². The van der Waals surface area contributed by atoms with E-state index in [-0.39, 0.29) is 172 Å². The summed E-state index contributed by atoms with van der Waals surface area (Å²) in [6.45, 7) is 0.306. The normalized spacial score (nSPS) is 17.6. The molecule has 4 fully saturated rings. The van der Waals surface area contributed by atoms with Crippen molar-refractivity contribution in [3.63, 3.8) is 0 Å². The van der Waals surface area contributed by atoms with Gasteiger partial charge in [0.25, 0.3) is 23.6 Å². The fourth-order valence-electron chi connectivity index (χ4n) is 13.8. The molecule has 144 heavy (non-hydrogen) atoms. The maximum Gasteiger partial charge on any atom is 0.328 e. The molecule has 12 amide bonds. The minimum Gasteiger partial charge on any atom is -0.480 e. The van der Waals surface area contributed by atoms with E-state index in [0.717, 1.165) is 19.4 Å². The number of carbonyl (C=O) groups excluding carboxylic acids is 12. The van der Waals surface area contributed by atoms with Crippen molar-refractivity contribution in [3.8, 4) is 0 Å². The van der Waals surface area contributed by atoms with Gasteiger partial charge < -0.3 is 138 Å². The van der Waals surface area contributed by atoms with Crippen LogP contribution < -0.4 is 85.1 Å². The number of hydrogen-bond donors (Lipinski definition) is 23. The fraction of sp³-hybridized carbons (Fsp3) is 0.312. The molecule has 8 heterocycles. The van der Waals surface area contributed by atoms with E-state index in [1.54, 1.807) is 48.5 Å². The van der Waals surface area contributed by atoms with Crippen LogP contribution in [0.1, 0.15) is 125 Å². The van der Waals surface area contributed by atoms with E-state index in [9.17, 15) is 112 Å². The third kappa shape index (κ3) is 37.0. The van der Waals surface area contributed by atoms with Gasteiger partial charge in [-0.3, -0.25) is 57.5 Å². The van der Waals surface area contributed by atoms with E-state index in [1.165, 1.54) is 122 Å². The summed E-state index contributed by atoms with van der Waals surface area (Å²) < 4.78 is 20.4. The largest absolute Gasteiger partial charge is 0.480 e. The Morgan fingerprint density at radius 2 is 0.542 bits per heavy atom. The van der Waals surface area contributed by atoms with Gasteiger partial charge in [-0.15, -0.1) is 0 Å². The number of furan rings is 4. The van der Waals surface area contributed by atoms with Gasteiger partial charge in [-0.1, -0.05) is 99.2 Å². The second-order valence-electron chi connectivity index (χ2n) is 32.0. The van der Waals surface area contributed by atoms with Crippen LogP contribution in [0, 0.1) is 0 Å². The highest BCUT2D eigenvalue weighted by Crippen LogP contribution is 2.32. The maximum atomic E-state index is 12.8. The number of carboxylic acid groups (broad SMARTS) is 4. The molecule has 0 radical (unpaired) electrons. The highest BCUT2D eigenvalue weighted by molar-refractivity contribution is 6.42. The number of aliphatic carboxylic acids is 4. The lowest BCUT2D eigenvalue weighted by Gasteiger charge is -2.23. The van der Waals surface area contributed by atoms with Crippen molar-refractivity contribution in [1.29, 1.82) is 0 Å². The van der Waals surface area contributed by atoms with Crippen molar-refractivity contribution >= 4 is 212 Å². The third-order valence-electron chi connectivity index (χ3n) is 21.2. The number of benzene rings is 4. The monoisotopic (exact) mass is 2150 g/mol. The predicted octanol–water partition coefficient (Wildman–Crippen LogP) is 5.17. The third-order valence-corrected chi connectivity index (χ3v) is 23.6. The van der Waals surface area contributed by atoms with Crippen LogP contribution in [0.2, 0.25) is 40.2 Å². The van der Waals surface area contributed by atoms with Gasteiger partial charge in [0, 0.05) is 96.3 Å². The van der Waals surface area contributed by atoms with Crippen molar-refractivity contribution in [1.82, 2.24) is 85.1 Å². The smallest absolute Gasteiger partial charge is 0.328 e. The summed E-state index contributed by atoms with van der Waals surface area (Å²) >= 11 is 49.9. The Kier molecular flexibility index (Phi) is 45.3. The molecule has 4 aliphatic heterocycles. The maximum absolute atomic E-state index is 12.8. The van der Waals surface area contributed by atoms with Gasteiger partial charge in [0.15, 0.2) is 0 Å². The van der Waals surface area contributed by atoms with E-state index in [2.05, 4.69) is 85.1 Å². The highest BCUT2D eigenvalue weighted by Gasteiger charge is 2.36. The molecule has 8 aromatic rings. The van der Waals surface area contributed by atoms with E-state index < -0.39 is 144 Å². The van der Waals surface area contributed by atoms with Crippen molar-refractivity contribution in [3.05, 3.63) is 254 Å². The van der Waals surface area contributed by atoms with Crippen LogP contribution in [0.5, 0.6) is 0 Å². The van der Waals surface area contributed by atoms with Crippen LogP contribution >= 0.6 is 92.8 Å². The van der Waals surface area contributed by atoms with Crippen molar-refractivity contribution in [2.45, 2.75) is 131 Å². The summed E-state index contributed by atoms with van der Waals surface area (Å²) in [7, 11) is 0. The number of aliphatic hydroxyl groups is 3. The van der Waals surface area contributed by atoms with Gasteiger partial charge in [0.1, 0.15) is 47.2 Å². The number of rotatable bonds is 40. The predicted molar refractivity (Wildman–Crippen MR) is 525 cm³/mol. The number of carboxylic acids is 4. The van der Waals surface area contributed by atoms with Crippen molar-refractivity contribution in [2.24, 2.45) is 0 Å². The molecule has 0 bridgehead atoms. The standard InChI is InChI=1S/C24H26Cl2N4O6.3C23H24Cl2N4O7/c25-16-10-14(12-28-20(31)7-6-15-4-3-9-36-15)11-17(26)21(16)23(33)30-19(24(34)35)13-29-22(32)18-5-1-2-8-27-18;3*24-15-6-12(9-27-19(31)4-3-14-2-1-5-36-14)7-16(25)20(15)22(33)29-18(23(34)35)11-28-21(32)17-8-13(30)10-26-17/h3-4,6-7,9-11,18-19,27H,1-2,5,8,12-13H2,(H,28,31)(H,29,32)(H,30,33)(H,34,35);3*1-7,13,17-18,26,30H,8-11H2,(H,27,31)(H,28,32)(H,29,33)(H,34,35)/b7-6+;3*4-3+/t18-,19-;13-,17+,18-;13-,17-,18+;13-,17-,18-/m0010/s1. The van der Waals surface area contributed by atoms with Crippen LogP contribution in [-0.2, 0) is 83.7 Å². The van der Waals surface area contributed by atoms with E-state index >= 15 is 0 Å². The SMILES string of the molecule is O=C(/C=C/c1ccco1)NCc1cc(Cl)c(C(=O)N[C@@H](CNC(=O)[C@@H]2CCCCN2)C(=O)O)c(Cl)c1.O=C(/C=C/c1ccco1)NCc1cc(Cl)c(C(=O)N[C@@H](CNC(=O)[C@@H]2C[C@H](O)CN2)C(=O)O)c(Cl)c1.O=C(/C=C/c1ccco1)NCc1cc(Cl)c(C(=O)N[C@@H](CNC(=O)[C@H]2C[C@@H](O)CN2)C(=O)O)c(Cl)c1.O=C(/C=C/c1ccco1)NCc1cc(Cl)c(C(=O)N[C@@H](CNC(=O)[C@H]2C[C@H](O)CN2)C(=O)O)c(Cl)c1. The van der Waals surface area contributed by atoms with Gasteiger partial charge in [-0.2, -0.15) is 0 Å². The number of carbonyl (C=O) groups is 16. The number of β-amino-alcohol motifs (C(OH)–C–C–N with tert-alkyl or cyclic N) is 3. The molecule has 0 spiro atoms. The van der Waals surface area contributed by atoms with Crippen LogP contribution in [0.3, 0.4) is 0 Å². The molecule has 51 heteroatoms. The zero-order valence-corrected chi connectivity index (χ0v) is 81.6. The highest BCUT2D eigenvalue weighted by atomic mass is 35.5. The minimum absolute atomic E-state index is 0.0186. The fourth-order valence-corrected chi connectivity index (χ4v) is 16.6. The van der Waals surface area contributed by atoms with Gasteiger partial charge in [-0.05, 0) is 182 Å². The average Bonchev–Trinajstić information content (AvgIpc) is 0.840. The first-order valence-corrected chi connectivity index (χ1v) is 46.8. The quantitative estimate of drug-likeness (QED) is 0.0220. The second kappa shape index (κ2) is 57.1. The lowest BCUT2D eigenvalue weighted by molar-refractivity contribution is -0.140. The van der Waals surface area contributed by atoms with E-state index in [4.69, 9.17) is 110 Å². The molecular weight excluding hydrogens is 2060 g/mol. The Morgan fingerprint density at radius 1 is 0.319 bits per heavy atom. The summed E-state index contributed by atoms with van der Waals surface area (Å²) in [6.07, 6.45) is 18.3. The zero-order valence-electron chi connectivity index (χ0n) is 75.6. The summed E-state index contributed by atoms with van der Waals surface area (Å²) in [5.41, 5.74) is 1.50. The van der Waals surface area contributed by atoms with Gasteiger partial charge >= 0.3 is 23.9 Å². The van der Waals surface area contributed by atoms with E-state index in [0.29, 0.717) is 51.7 Å². The Morgan fingerprint density at radius 3 is 0.722 bits per heavy atom. The molecule has 43 nitrogen and oxygen atoms in total. The molecule has 4 saturated heterocycles. The molecule has 0 saturated carbocycles. The molecule has 23 N–H and O–H groups in total. The van der Waals surface area contributed by atoms with Gasteiger partial charge in [0.2, 0.25) is 47.3 Å². The molecule has 4 aromatic heterocycles. The number of aliphatic hydroxyl groups excluding tert-OH is 3. The molecule has 4 aromatic carbocycles. The first kappa shape index (κ1) is 114. The van der Waals surface area contributed by atoms with Crippen molar-refractivity contribution in [2.75, 3.05) is 52.4 Å². The van der Waals surface area contributed by atoms with Gasteiger partial charge in [0.05, 0.1) is 130 Å².